The van der Waals surface area contributed by atoms with E-state index < -0.39 is 17.2 Å². The lowest BCUT2D eigenvalue weighted by molar-refractivity contribution is -0.137. The minimum absolute atomic E-state index is 0.174. The highest BCUT2D eigenvalue weighted by molar-refractivity contribution is 5.91. The molecule has 1 fully saturated rings. The quantitative estimate of drug-likeness (QED) is 0.817. The molecular weight excluding hydrogens is 371 g/mol. The number of piperidine rings is 1. The van der Waals surface area contributed by atoms with Gasteiger partial charge in [0.25, 0.3) is 5.91 Å². The molecule has 28 heavy (non-hydrogen) atoms. The summed E-state index contributed by atoms with van der Waals surface area (Å²) in [5.74, 6) is -0.389. The summed E-state index contributed by atoms with van der Waals surface area (Å²) < 4.78 is 40.6. The van der Waals surface area contributed by atoms with Gasteiger partial charge in [-0.15, -0.1) is 5.10 Å². The molecule has 2 heterocycles. The third kappa shape index (κ3) is 4.70. The van der Waals surface area contributed by atoms with Crippen LogP contribution in [-0.2, 0) is 11.6 Å². The molecule has 1 aromatic carbocycles. The topological polar surface area (TPSA) is 71.8 Å². The molecule has 0 unspecified atom stereocenters. The Morgan fingerprint density at radius 2 is 1.93 bits per heavy atom. The number of benzene rings is 1. The van der Waals surface area contributed by atoms with Crippen LogP contribution in [0.25, 0.3) is 0 Å². The Kier molecular flexibility index (Phi) is 5.74. The molecule has 0 radical (unpaired) electrons. The highest BCUT2D eigenvalue weighted by atomic mass is 19.4. The number of rotatable bonds is 5. The fraction of sp³-hybridized carbons (Fsp3) is 0.526. The zero-order valence-corrected chi connectivity index (χ0v) is 15.9. The Morgan fingerprint density at radius 3 is 2.61 bits per heavy atom. The average molecular weight is 395 g/mol. The lowest BCUT2D eigenvalue weighted by Crippen LogP contribution is -2.37. The summed E-state index contributed by atoms with van der Waals surface area (Å²) in [6.45, 7) is 5.55. The number of aromatic nitrogens is 3. The summed E-state index contributed by atoms with van der Waals surface area (Å²) >= 11 is 0. The van der Waals surface area contributed by atoms with Crippen LogP contribution in [0.3, 0.4) is 0 Å². The summed E-state index contributed by atoms with van der Waals surface area (Å²) in [5.41, 5.74) is -0.671. The predicted molar refractivity (Wildman–Crippen MR) is 98.0 cm³/mol. The van der Waals surface area contributed by atoms with Gasteiger partial charge < -0.3 is 10.6 Å². The van der Waals surface area contributed by atoms with Crippen molar-refractivity contribution >= 4 is 5.91 Å². The van der Waals surface area contributed by atoms with Crippen molar-refractivity contribution in [3.63, 3.8) is 0 Å². The van der Waals surface area contributed by atoms with Crippen LogP contribution < -0.4 is 10.6 Å². The molecule has 2 N–H and O–H groups in total. The Balaban J connectivity index is 1.64. The van der Waals surface area contributed by atoms with Crippen LogP contribution in [0.2, 0.25) is 0 Å². The maximum atomic E-state index is 13.0. The van der Waals surface area contributed by atoms with Crippen LogP contribution in [0.15, 0.2) is 30.5 Å². The second-order valence-corrected chi connectivity index (χ2v) is 7.71. The molecular formula is C19H24F3N5O. The summed E-state index contributed by atoms with van der Waals surface area (Å²) in [5, 5.41) is 14.0. The molecule has 2 aromatic rings. The van der Waals surface area contributed by atoms with Crippen LogP contribution in [0, 0.1) is 0 Å². The van der Waals surface area contributed by atoms with Crippen molar-refractivity contribution in [2.75, 3.05) is 19.6 Å². The summed E-state index contributed by atoms with van der Waals surface area (Å²) in [4.78, 5) is 12.4. The molecule has 1 amide bonds. The first-order valence-electron chi connectivity index (χ1n) is 9.25. The van der Waals surface area contributed by atoms with Gasteiger partial charge in [0, 0.05) is 12.0 Å². The molecule has 3 rings (SSSR count). The van der Waals surface area contributed by atoms with E-state index in [4.69, 9.17) is 0 Å². The SMILES string of the molecule is CC(C)(CNC(=O)c1cn(C2CCNCC2)nn1)c1cccc(C(F)(F)F)c1. The molecule has 1 aliphatic rings. The standard InChI is InChI=1S/C19H24F3N5O/c1-18(2,13-4-3-5-14(10-13)19(20,21)22)12-24-17(28)16-11-27(26-25-16)15-6-8-23-9-7-15/h3-5,10-11,15,23H,6-9,12H2,1-2H3,(H,24,28). The number of alkyl halides is 3. The van der Waals surface area contributed by atoms with E-state index in [2.05, 4.69) is 20.9 Å². The van der Waals surface area contributed by atoms with Crippen LogP contribution in [0.4, 0.5) is 13.2 Å². The highest BCUT2D eigenvalue weighted by Gasteiger charge is 2.32. The number of nitrogens with one attached hydrogen (secondary N) is 2. The van der Waals surface area contributed by atoms with E-state index >= 15 is 0 Å². The smallest absolute Gasteiger partial charge is 0.350 e. The van der Waals surface area contributed by atoms with Crippen molar-refractivity contribution in [1.29, 1.82) is 0 Å². The molecule has 0 bridgehead atoms. The minimum atomic E-state index is -4.40. The molecule has 0 aliphatic carbocycles. The van der Waals surface area contributed by atoms with Gasteiger partial charge in [0.1, 0.15) is 0 Å². The first-order valence-corrected chi connectivity index (χ1v) is 9.25. The zero-order chi connectivity index (χ0) is 20.4. The molecule has 1 aromatic heterocycles. The van der Waals surface area contributed by atoms with Crippen molar-refractivity contribution in [2.45, 2.75) is 44.3 Å². The fourth-order valence-corrected chi connectivity index (χ4v) is 3.24. The molecule has 0 saturated carbocycles. The number of hydrogen-bond donors (Lipinski definition) is 2. The average Bonchev–Trinajstić information content (AvgIpc) is 3.17. The zero-order valence-electron chi connectivity index (χ0n) is 15.9. The van der Waals surface area contributed by atoms with Crippen molar-refractivity contribution in [3.8, 4) is 0 Å². The van der Waals surface area contributed by atoms with Crippen molar-refractivity contribution < 1.29 is 18.0 Å². The second-order valence-electron chi connectivity index (χ2n) is 7.71. The van der Waals surface area contributed by atoms with Gasteiger partial charge >= 0.3 is 6.18 Å². The van der Waals surface area contributed by atoms with Gasteiger partial charge in [-0.25, -0.2) is 4.68 Å². The van der Waals surface area contributed by atoms with Crippen LogP contribution in [-0.4, -0.2) is 40.5 Å². The number of carbonyl (C=O) groups is 1. The Labute approximate surface area is 161 Å². The molecule has 6 nitrogen and oxygen atoms in total. The molecule has 0 atom stereocenters. The Hall–Kier alpha value is -2.42. The predicted octanol–water partition coefficient (Wildman–Crippen LogP) is 2.93. The van der Waals surface area contributed by atoms with E-state index in [1.165, 1.54) is 6.07 Å². The molecule has 9 heteroatoms. The number of carbonyl (C=O) groups excluding carboxylic acids is 1. The van der Waals surface area contributed by atoms with Crippen LogP contribution in [0.5, 0.6) is 0 Å². The Bertz CT molecular complexity index is 825. The number of nitrogens with zero attached hydrogens (tertiary/aromatic N) is 3. The van der Waals surface area contributed by atoms with Gasteiger partial charge in [-0.05, 0) is 37.6 Å². The first kappa shape index (κ1) is 20.3. The molecule has 1 saturated heterocycles. The summed E-state index contributed by atoms with van der Waals surface area (Å²) in [6.07, 6.45) is -0.926. The maximum absolute atomic E-state index is 13.0. The van der Waals surface area contributed by atoms with Gasteiger partial charge in [-0.3, -0.25) is 4.79 Å². The fourth-order valence-electron chi connectivity index (χ4n) is 3.24. The minimum Gasteiger partial charge on any atom is -0.350 e. The van der Waals surface area contributed by atoms with Crippen molar-refractivity contribution in [3.05, 3.63) is 47.3 Å². The first-order chi connectivity index (χ1) is 13.2. The van der Waals surface area contributed by atoms with E-state index in [1.54, 1.807) is 30.8 Å². The number of amides is 1. The van der Waals surface area contributed by atoms with Crippen LogP contribution in [0.1, 0.15) is 54.3 Å². The molecule has 1 aliphatic heterocycles. The Morgan fingerprint density at radius 1 is 1.25 bits per heavy atom. The monoisotopic (exact) mass is 395 g/mol. The van der Waals surface area contributed by atoms with Gasteiger partial charge in [-0.2, -0.15) is 13.2 Å². The summed E-state index contributed by atoms with van der Waals surface area (Å²) in [7, 11) is 0. The highest BCUT2D eigenvalue weighted by Crippen LogP contribution is 2.32. The third-order valence-corrected chi connectivity index (χ3v) is 5.09. The third-order valence-electron chi connectivity index (χ3n) is 5.09. The van der Waals surface area contributed by atoms with Gasteiger partial charge in [0.2, 0.25) is 0 Å². The van der Waals surface area contributed by atoms with Crippen molar-refractivity contribution in [2.24, 2.45) is 0 Å². The van der Waals surface area contributed by atoms with Crippen LogP contribution >= 0.6 is 0 Å². The summed E-state index contributed by atoms with van der Waals surface area (Å²) in [6, 6.07) is 5.40. The van der Waals surface area contributed by atoms with E-state index in [0.29, 0.717) is 5.56 Å². The number of hydrogen-bond acceptors (Lipinski definition) is 4. The lowest BCUT2D eigenvalue weighted by atomic mass is 9.83. The normalized spacial score (nSPS) is 16.2. The van der Waals surface area contributed by atoms with E-state index in [0.717, 1.165) is 38.1 Å². The van der Waals surface area contributed by atoms with Gasteiger partial charge in [0.05, 0.1) is 17.8 Å². The number of halogens is 3. The van der Waals surface area contributed by atoms with Crippen molar-refractivity contribution in [1.82, 2.24) is 25.6 Å². The van der Waals surface area contributed by atoms with E-state index in [-0.39, 0.29) is 24.2 Å². The van der Waals surface area contributed by atoms with Gasteiger partial charge in [0.15, 0.2) is 5.69 Å². The largest absolute Gasteiger partial charge is 0.416 e. The maximum Gasteiger partial charge on any atom is 0.416 e. The molecule has 0 spiro atoms. The second kappa shape index (κ2) is 7.90. The van der Waals surface area contributed by atoms with Gasteiger partial charge in [-0.1, -0.05) is 37.3 Å². The van der Waals surface area contributed by atoms with E-state index in [9.17, 15) is 18.0 Å². The lowest BCUT2D eigenvalue weighted by Gasteiger charge is -2.26. The molecule has 152 valence electrons. The van der Waals surface area contributed by atoms with E-state index in [1.807, 2.05) is 0 Å².